The van der Waals surface area contributed by atoms with Gasteiger partial charge in [-0.25, -0.2) is 0 Å². The fraction of sp³-hybridized carbons (Fsp3) is 0.588. The smallest absolute Gasteiger partial charge is 0.349 e. The summed E-state index contributed by atoms with van der Waals surface area (Å²) in [6.45, 7) is 3.55. The van der Waals surface area contributed by atoms with E-state index >= 15 is 0 Å². The molecule has 3 N–H and O–H groups in total. The van der Waals surface area contributed by atoms with Crippen LogP contribution in [0.3, 0.4) is 0 Å². The zero-order valence-corrected chi connectivity index (χ0v) is 13.4. The summed E-state index contributed by atoms with van der Waals surface area (Å²) in [6.07, 6.45) is -0.946. The number of benzene rings is 1. The normalized spacial score (nSPS) is 26.6. The van der Waals surface area contributed by atoms with Crippen LogP contribution in [0.25, 0.3) is 0 Å². The first-order chi connectivity index (χ1) is 10.6. The van der Waals surface area contributed by atoms with Crippen LogP contribution in [0.5, 0.6) is 0 Å². The lowest BCUT2D eigenvalue weighted by Crippen LogP contribution is -2.53. The van der Waals surface area contributed by atoms with Gasteiger partial charge in [0.05, 0.1) is 17.5 Å². The van der Waals surface area contributed by atoms with E-state index in [0.29, 0.717) is 12.0 Å². The first-order valence-corrected chi connectivity index (χ1v) is 7.87. The molecule has 1 aliphatic carbocycles. The minimum Gasteiger partial charge on any atom is -0.349 e. The van der Waals surface area contributed by atoms with Crippen molar-refractivity contribution in [1.29, 1.82) is 0 Å². The van der Waals surface area contributed by atoms with Gasteiger partial charge in [0.2, 0.25) is 5.91 Å². The Bertz CT molecular complexity index is 569. The average molecular weight is 328 g/mol. The van der Waals surface area contributed by atoms with E-state index in [2.05, 4.69) is 5.32 Å². The van der Waals surface area contributed by atoms with E-state index in [1.54, 1.807) is 13.0 Å². The van der Waals surface area contributed by atoms with Crippen molar-refractivity contribution in [3.8, 4) is 0 Å². The van der Waals surface area contributed by atoms with E-state index in [1.807, 2.05) is 6.92 Å². The SMILES string of the molecule is CC(NC(=O)C1CCCCC1(C)N)c1cccc(C(F)(F)F)c1. The number of carbonyl (C=O) groups is 1. The molecule has 3 atom stereocenters. The number of rotatable bonds is 3. The largest absolute Gasteiger partial charge is 0.416 e. The summed E-state index contributed by atoms with van der Waals surface area (Å²) in [6, 6.07) is 4.54. The van der Waals surface area contributed by atoms with Crippen LogP contribution in [-0.2, 0) is 11.0 Å². The number of halogens is 3. The van der Waals surface area contributed by atoms with E-state index < -0.39 is 23.3 Å². The molecule has 1 aliphatic rings. The van der Waals surface area contributed by atoms with Crippen molar-refractivity contribution >= 4 is 5.91 Å². The van der Waals surface area contributed by atoms with Crippen LogP contribution in [0, 0.1) is 5.92 Å². The van der Waals surface area contributed by atoms with Crippen LogP contribution in [0.15, 0.2) is 24.3 Å². The third-order valence-electron chi connectivity index (χ3n) is 4.64. The molecule has 128 valence electrons. The number of carbonyl (C=O) groups excluding carboxylic acids is 1. The first-order valence-electron chi connectivity index (χ1n) is 7.87. The van der Waals surface area contributed by atoms with Crippen molar-refractivity contribution in [3.05, 3.63) is 35.4 Å². The minimum atomic E-state index is -4.39. The number of hydrogen-bond acceptors (Lipinski definition) is 2. The van der Waals surface area contributed by atoms with Gasteiger partial charge in [0.1, 0.15) is 0 Å². The van der Waals surface area contributed by atoms with Gasteiger partial charge in [0, 0.05) is 5.54 Å². The summed E-state index contributed by atoms with van der Waals surface area (Å²) in [4.78, 5) is 12.5. The highest BCUT2D eigenvalue weighted by atomic mass is 19.4. The molecule has 0 bridgehead atoms. The molecule has 1 fully saturated rings. The lowest BCUT2D eigenvalue weighted by molar-refractivity contribution is -0.137. The Kier molecular flexibility index (Phi) is 5.04. The number of alkyl halides is 3. The molecule has 0 saturated heterocycles. The number of hydrogen-bond donors (Lipinski definition) is 2. The quantitative estimate of drug-likeness (QED) is 0.887. The topological polar surface area (TPSA) is 55.1 Å². The second kappa shape index (κ2) is 6.51. The zero-order chi connectivity index (χ0) is 17.3. The molecule has 0 radical (unpaired) electrons. The molecule has 0 spiro atoms. The van der Waals surface area contributed by atoms with Gasteiger partial charge < -0.3 is 11.1 Å². The fourth-order valence-corrected chi connectivity index (χ4v) is 3.17. The van der Waals surface area contributed by atoms with Gasteiger partial charge >= 0.3 is 6.18 Å². The van der Waals surface area contributed by atoms with Gasteiger partial charge in [-0.3, -0.25) is 4.79 Å². The number of nitrogens with one attached hydrogen (secondary N) is 1. The maximum absolute atomic E-state index is 12.8. The predicted molar refractivity (Wildman–Crippen MR) is 82.6 cm³/mol. The Morgan fingerprint density at radius 3 is 2.70 bits per heavy atom. The number of amides is 1. The molecular formula is C17H23F3N2O. The van der Waals surface area contributed by atoms with Crippen LogP contribution >= 0.6 is 0 Å². The van der Waals surface area contributed by atoms with Gasteiger partial charge in [-0.2, -0.15) is 13.2 Å². The molecule has 0 heterocycles. The van der Waals surface area contributed by atoms with Crippen molar-refractivity contribution in [2.24, 2.45) is 11.7 Å². The van der Waals surface area contributed by atoms with Crippen molar-refractivity contribution < 1.29 is 18.0 Å². The molecule has 2 rings (SSSR count). The van der Waals surface area contributed by atoms with Crippen molar-refractivity contribution in [3.63, 3.8) is 0 Å². The van der Waals surface area contributed by atoms with Crippen LogP contribution in [0.1, 0.15) is 56.7 Å². The summed E-state index contributed by atoms with van der Waals surface area (Å²) >= 11 is 0. The highest BCUT2D eigenvalue weighted by Gasteiger charge is 2.38. The lowest BCUT2D eigenvalue weighted by Gasteiger charge is -2.37. The predicted octanol–water partition coefficient (Wildman–Crippen LogP) is 3.79. The Morgan fingerprint density at radius 1 is 1.39 bits per heavy atom. The molecule has 3 unspecified atom stereocenters. The Labute approximate surface area is 134 Å². The Hall–Kier alpha value is -1.56. The molecule has 23 heavy (non-hydrogen) atoms. The third kappa shape index (κ3) is 4.25. The van der Waals surface area contributed by atoms with E-state index in [1.165, 1.54) is 6.07 Å². The number of nitrogens with two attached hydrogens (primary N) is 1. The molecule has 0 aliphatic heterocycles. The molecule has 1 saturated carbocycles. The van der Waals surface area contributed by atoms with Crippen LogP contribution in [0.2, 0.25) is 0 Å². The van der Waals surface area contributed by atoms with Gasteiger partial charge in [0.25, 0.3) is 0 Å². The Morgan fingerprint density at radius 2 is 2.09 bits per heavy atom. The second-order valence-electron chi connectivity index (χ2n) is 6.66. The van der Waals surface area contributed by atoms with Crippen LogP contribution < -0.4 is 11.1 Å². The summed E-state index contributed by atoms with van der Waals surface area (Å²) in [5.74, 6) is -0.482. The molecule has 0 aromatic heterocycles. The van der Waals surface area contributed by atoms with Crippen molar-refractivity contribution in [2.45, 2.75) is 57.3 Å². The maximum Gasteiger partial charge on any atom is 0.416 e. The molecular weight excluding hydrogens is 305 g/mol. The Balaban J connectivity index is 2.09. The zero-order valence-electron chi connectivity index (χ0n) is 13.4. The van der Waals surface area contributed by atoms with Crippen LogP contribution in [0.4, 0.5) is 13.2 Å². The van der Waals surface area contributed by atoms with Crippen molar-refractivity contribution in [2.75, 3.05) is 0 Å². The fourth-order valence-electron chi connectivity index (χ4n) is 3.17. The van der Waals surface area contributed by atoms with Gasteiger partial charge in [-0.15, -0.1) is 0 Å². The molecule has 3 nitrogen and oxygen atoms in total. The van der Waals surface area contributed by atoms with Gasteiger partial charge in [0.15, 0.2) is 0 Å². The van der Waals surface area contributed by atoms with E-state index in [0.717, 1.165) is 31.4 Å². The lowest BCUT2D eigenvalue weighted by atomic mass is 9.74. The average Bonchev–Trinajstić information content (AvgIpc) is 2.45. The maximum atomic E-state index is 12.8. The minimum absolute atomic E-state index is 0.181. The highest BCUT2D eigenvalue weighted by Crippen LogP contribution is 2.33. The van der Waals surface area contributed by atoms with E-state index in [4.69, 9.17) is 5.73 Å². The summed E-state index contributed by atoms with van der Waals surface area (Å²) in [5, 5.41) is 2.81. The third-order valence-corrected chi connectivity index (χ3v) is 4.64. The molecule has 1 amide bonds. The van der Waals surface area contributed by atoms with Crippen LogP contribution in [-0.4, -0.2) is 11.4 Å². The van der Waals surface area contributed by atoms with E-state index in [-0.39, 0.29) is 11.8 Å². The summed E-state index contributed by atoms with van der Waals surface area (Å²) < 4.78 is 38.3. The molecule has 6 heteroatoms. The van der Waals surface area contributed by atoms with E-state index in [9.17, 15) is 18.0 Å². The molecule has 1 aromatic carbocycles. The summed E-state index contributed by atoms with van der Waals surface area (Å²) in [7, 11) is 0. The first kappa shape index (κ1) is 17.8. The molecule has 1 aromatic rings. The van der Waals surface area contributed by atoms with Gasteiger partial charge in [-0.1, -0.05) is 25.0 Å². The second-order valence-corrected chi connectivity index (χ2v) is 6.66. The standard InChI is InChI=1S/C17H23F3N2O/c1-11(12-6-5-7-13(10-12)17(18,19)20)22-15(23)14-8-3-4-9-16(14,2)21/h5-7,10-11,14H,3-4,8-9,21H2,1-2H3,(H,22,23). The highest BCUT2D eigenvalue weighted by molar-refractivity contribution is 5.80. The van der Waals surface area contributed by atoms with Crippen molar-refractivity contribution in [1.82, 2.24) is 5.32 Å². The summed E-state index contributed by atoms with van der Waals surface area (Å²) in [5.41, 5.74) is 5.37. The monoisotopic (exact) mass is 328 g/mol. The van der Waals surface area contributed by atoms with Gasteiger partial charge in [-0.05, 0) is 44.4 Å².